The van der Waals surface area contributed by atoms with Crippen LogP contribution >= 0.6 is 0 Å². The lowest BCUT2D eigenvalue weighted by Gasteiger charge is -1.64. The van der Waals surface area contributed by atoms with Crippen LogP contribution in [0.15, 0.2) is 0 Å². The average Bonchev–Trinajstić information content (AvgIpc) is 2.71. The zero-order valence-electron chi connectivity index (χ0n) is 14.4. The Hall–Kier alpha value is -5.98. The van der Waals surface area contributed by atoms with Gasteiger partial charge in [0.05, 0.1) is 0 Å². The molecule has 0 atom stereocenters. The number of hydrogen-bond acceptors (Lipinski definition) is 0. The summed E-state index contributed by atoms with van der Waals surface area (Å²) in [5.74, 6) is 64.4. The molecule has 0 aromatic heterocycles. The van der Waals surface area contributed by atoms with E-state index in [0.29, 0.717) is 0 Å². The van der Waals surface area contributed by atoms with Crippen LogP contribution in [-0.2, 0) is 0 Å². The Morgan fingerprint density at radius 1 is 0.179 bits per heavy atom. The molecule has 0 aliphatic rings. The van der Waals surface area contributed by atoms with Crippen LogP contribution in [0.1, 0.15) is 0 Å². The molecule has 0 saturated heterocycles. The molecule has 0 nitrogen and oxygen atoms in total. The highest BCUT2D eigenvalue weighted by Crippen LogP contribution is 1.59. The zero-order valence-corrected chi connectivity index (χ0v) is 14.4. The first kappa shape index (κ1) is 22.0. The van der Waals surface area contributed by atoms with Crippen molar-refractivity contribution in [3.05, 3.63) is 13.8 Å². The zero-order chi connectivity index (χ0) is 20.4. The van der Waals surface area contributed by atoms with Crippen LogP contribution in [0.2, 0.25) is 0 Å². The Morgan fingerprint density at radius 2 is 0.286 bits per heavy atom. The van der Waals surface area contributed by atoms with E-state index in [1.165, 1.54) is 0 Å². The lowest BCUT2D eigenvalue weighted by Crippen LogP contribution is -1.57. The van der Waals surface area contributed by atoms with Gasteiger partial charge in [0, 0.05) is 23.7 Å². The molecule has 0 heterocycles. The molecule has 0 aromatic carbocycles. The van der Waals surface area contributed by atoms with E-state index in [2.05, 4.69) is 168 Å². The van der Waals surface area contributed by atoms with Gasteiger partial charge in [-0.1, -0.05) is 0 Å². The highest BCUT2D eigenvalue weighted by molar-refractivity contribution is 5.48. The first-order valence-electron chi connectivity index (χ1n) is 6.96. The summed E-state index contributed by atoms with van der Waals surface area (Å²) in [6, 6.07) is 0. The van der Waals surface area contributed by atoms with Gasteiger partial charge < -0.3 is 0 Å². The summed E-state index contributed by atoms with van der Waals surface area (Å²) in [4.78, 5) is 0. The van der Waals surface area contributed by atoms with E-state index >= 15 is 0 Å². The first-order chi connectivity index (χ1) is 13.9. The van der Waals surface area contributed by atoms with E-state index in [4.69, 9.17) is 0 Å². The number of rotatable bonds is 0. The normalized spacial score (nSPS) is 3.86. The minimum absolute atomic E-state index is 2.37. The molecule has 0 fully saturated rings. The molecule has 0 bridgehead atoms. The molecule has 0 radical (unpaired) electrons. The van der Waals surface area contributed by atoms with Gasteiger partial charge in [0.15, 0.2) is 0 Å². The quantitative estimate of drug-likeness (QED) is 0.450. The van der Waals surface area contributed by atoms with Crippen molar-refractivity contribution in [1.29, 1.82) is 0 Å². The lowest BCUT2D eigenvalue weighted by atomic mass is 10.4. The third kappa shape index (κ3) is 20.0. The van der Waals surface area contributed by atoms with Crippen molar-refractivity contribution < 1.29 is 0 Å². The molecular formula is C28H4-2. The van der Waals surface area contributed by atoms with Gasteiger partial charge in [-0.2, -0.15) is 13.8 Å². The highest BCUT2D eigenvalue weighted by Gasteiger charge is 1.58. The van der Waals surface area contributed by atoms with Crippen LogP contribution in [0.3, 0.4) is 0 Å². The second-order valence-corrected chi connectivity index (χ2v) is 3.35. The Morgan fingerprint density at radius 3 is 0.393 bits per heavy atom. The van der Waals surface area contributed by atoms with Crippen molar-refractivity contribution in [3.8, 4) is 154 Å². The van der Waals surface area contributed by atoms with E-state index in [0.717, 1.165) is 0 Å². The molecule has 0 aliphatic carbocycles. The summed E-state index contributed by atoms with van der Waals surface area (Å²) in [6.45, 7) is 6.61. The van der Waals surface area contributed by atoms with Gasteiger partial charge in [0.2, 0.25) is 0 Å². The predicted octanol–water partition coefficient (Wildman–Crippen LogP) is 0.699. The van der Waals surface area contributed by atoms with Crippen LogP contribution in [0, 0.1) is 168 Å². The minimum atomic E-state index is 2.37. The van der Waals surface area contributed by atoms with Gasteiger partial charge >= 0.3 is 0 Å². The molecule has 0 spiro atoms. The van der Waals surface area contributed by atoms with Crippen LogP contribution in [0.4, 0.5) is 0 Å². The van der Waals surface area contributed by atoms with Gasteiger partial charge in [-0.25, -0.2) is 11.8 Å². The molecule has 0 saturated carbocycles. The van der Waals surface area contributed by atoms with E-state index in [9.17, 15) is 0 Å². The van der Waals surface area contributed by atoms with E-state index in [1.54, 1.807) is 0 Å². The third-order valence-electron chi connectivity index (χ3n) is 1.61. The lowest BCUT2D eigenvalue weighted by molar-refractivity contribution is 2.30. The Bertz CT molecular complexity index is 1310. The molecule has 118 valence electrons. The average molecular weight is 340 g/mol. The second-order valence-electron chi connectivity index (χ2n) is 3.35. The van der Waals surface area contributed by atoms with Gasteiger partial charge in [0.1, 0.15) is 0 Å². The summed E-state index contributed by atoms with van der Waals surface area (Å²) in [5.41, 5.74) is 0. The SMILES string of the molecule is [CH2-]C#CC#CC#CC#CC#CC#CC#CC#CC#CC#CC#CC#CC#C[CH2-]. The van der Waals surface area contributed by atoms with E-state index in [1.807, 2.05) is 0 Å². The first-order valence-corrected chi connectivity index (χ1v) is 6.96. The summed E-state index contributed by atoms with van der Waals surface area (Å²) in [6.07, 6.45) is 0. The Balaban J connectivity index is 4.44. The monoisotopic (exact) mass is 340 g/mol. The smallest absolute Gasteiger partial charge is 0 e. The summed E-state index contributed by atoms with van der Waals surface area (Å²) in [7, 11) is 0. The molecule has 0 rings (SSSR count). The second kappa shape index (κ2) is 21.0. The molecular weight excluding hydrogens is 336 g/mol. The molecule has 0 heteroatoms. The molecule has 28 heavy (non-hydrogen) atoms. The molecule has 0 aromatic rings. The summed E-state index contributed by atoms with van der Waals surface area (Å²) < 4.78 is 0. The maximum atomic E-state index is 3.30. The van der Waals surface area contributed by atoms with Crippen LogP contribution in [0.25, 0.3) is 0 Å². The van der Waals surface area contributed by atoms with Crippen LogP contribution < -0.4 is 0 Å². The molecule has 0 unspecified atom stereocenters. The fourth-order valence-corrected chi connectivity index (χ4v) is 0.776. The van der Waals surface area contributed by atoms with Gasteiger partial charge in [-0.05, 0) is 94.7 Å². The Labute approximate surface area is 168 Å². The Kier molecular flexibility index (Phi) is 16.5. The van der Waals surface area contributed by atoms with Crippen LogP contribution in [0.5, 0.6) is 0 Å². The maximum Gasteiger partial charge on any atom is 0 e. The van der Waals surface area contributed by atoms with Crippen molar-refractivity contribution in [2.75, 3.05) is 0 Å². The van der Waals surface area contributed by atoms with Crippen molar-refractivity contribution in [1.82, 2.24) is 0 Å². The van der Waals surface area contributed by atoms with Crippen molar-refractivity contribution in [2.45, 2.75) is 0 Å². The largest absolute Gasteiger partial charge is 0.284 e. The summed E-state index contributed by atoms with van der Waals surface area (Å²) in [5, 5.41) is 0. The predicted molar refractivity (Wildman–Crippen MR) is 112 cm³/mol. The fraction of sp³-hybridized carbons (Fsp3) is 0. The standard InChI is InChI=1S/C28H4/c1-3-5-7-9-11-13-15-17-19-21-23-25-27-28-26-24-22-20-18-16-14-12-10-8-6-4-2/h1-2H2/q-2. The highest BCUT2D eigenvalue weighted by atomic mass is 13.6. The van der Waals surface area contributed by atoms with Gasteiger partial charge in [0.25, 0.3) is 0 Å². The maximum absolute atomic E-state index is 3.30. The van der Waals surface area contributed by atoms with E-state index in [-0.39, 0.29) is 0 Å². The third-order valence-corrected chi connectivity index (χ3v) is 1.61. The molecule has 0 amide bonds. The molecule has 0 aliphatic heterocycles. The van der Waals surface area contributed by atoms with Crippen molar-refractivity contribution >= 4 is 0 Å². The number of hydrogen-bond donors (Lipinski definition) is 0. The van der Waals surface area contributed by atoms with Crippen LogP contribution in [-0.4, -0.2) is 0 Å². The molecule has 0 N–H and O–H groups in total. The summed E-state index contributed by atoms with van der Waals surface area (Å²) >= 11 is 0. The van der Waals surface area contributed by atoms with E-state index < -0.39 is 0 Å². The minimum Gasteiger partial charge on any atom is -0.284 e. The van der Waals surface area contributed by atoms with Gasteiger partial charge in [-0.3, -0.25) is 11.8 Å². The van der Waals surface area contributed by atoms with Crippen molar-refractivity contribution in [2.24, 2.45) is 0 Å². The van der Waals surface area contributed by atoms with Gasteiger partial charge in [-0.15, -0.1) is 11.8 Å². The van der Waals surface area contributed by atoms with Crippen molar-refractivity contribution in [3.63, 3.8) is 0 Å². The fourth-order valence-electron chi connectivity index (χ4n) is 0.776. The topological polar surface area (TPSA) is 0 Å².